The van der Waals surface area contributed by atoms with Gasteiger partial charge in [0.2, 0.25) is 0 Å². The topological polar surface area (TPSA) is 30.5 Å². The van der Waals surface area contributed by atoms with E-state index in [-0.39, 0.29) is 5.82 Å². The van der Waals surface area contributed by atoms with Crippen LogP contribution in [0.3, 0.4) is 0 Å². The smallest absolute Gasteiger partial charge is 0.161 e. The third-order valence-corrected chi connectivity index (χ3v) is 3.75. The molecule has 2 aromatic rings. The van der Waals surface area contributed by atoms with Gasteiger partial charge in [-0.2, -0.15) is 0 Å². The zero-order valence-electron chi connectivity index (χ0n) is 11.4. The zero-order chi connectivity index (χ0) is 14.7. The first-order valence-corrected chi connectivity index (χ1v) is 7.55. The SMILES string of the molecule is Fc1ccc(Br)cc1CNCc1ccc2c(c1)OCCO2. The predicted octanol–water partition coefficient (Wildman–Crippen LogP) is 3.65. The van der Waals surface area contributed by atoms with Gasteiger partial charge in [0.1, 0.15) is 19.0 Å². The molecule has 1 aliphatic rings. The Kier molecular flexibility index (Phi) is 4.41. The summed E-state index contributed by atoms with van der Waals surface area (Å²) in [6, 6.07) is 10.8. The van der Waals surface area contributed by atoms with Crippen LogP contribution in [0.4, 0.5) is 4.39 Å². The van der Waals surface area contributed by atoms with Gasteiger partial charge < -0.3 is 14.8 Å². The van der Waals surface area contributed by atoms with Gasteiger partial charge in [-0.1, -0.05) is 22.0 Å². The van der Waals surface area contributed by atoms with Gasteiger partial charge in [0, 0.05) is 23.1 Å². The second kappa shape index (κ2) is 6.45. The highest BCUT2D eigenvalue weighted by Crippen LogP contribution is 2.30. The molecule has 0 aromatic heterocycles. The van der Waals surface area contributed by atoms with Gasteiger partial charge in [-0.05, 0) is 35.9 Å². The minimum Gasteiger partial charge on any atom is -0.486 e. The summed E-state index contributed by atoms with van der Waals surface area (Å²) >= 11 is 3.35. The normalized spacial score (nSPS) is 13.2. The van der Waals surface area contributed by atoms with Crippen LogP contribution in [0.1, 0.15) is 11.1 Å². The van der Waals surface area contributed by atoms with Crippen molar-refractivity contribution in [3.63, 3.8) is 0 Å². The average molecular weight is 352 g/mol. The minimum atomic E-state index is -0.201. The van der Waals surface area contributed by atoms with Crippen molar-refractivity contribution >= 4 is 15.9 Å². The molecule has 5 heteroatoms. The summed E-state index contributed by atoms with van der Waals surface area (Å²) in [6.07, 6.45) is 0. The van der Waals surface area contributed by atoms with Crippen LogP contribution < -0.4 is 14.8 Å². The summed E-state index contributed by atoms with van der Waals surface area (Å²) in [7, 11) is 0. The minimum absolute atomic E-state index is 0.201. The molecule has 0 radical (unpaired) electrons. The van der Waals surface area contributed by atoms with Crippen molar-refractivity contribution < 1.29 is 13.9 Å². The summed E-state index contributed by atoms with van der Waals surface area (Å²) in [5, 5.41) is 3.24. The van der Waals surface area contributed by atoms with Crippen LogP contribution in [-0.4, -0.2) is 13.2 Å². The van der Waals surface area contributed by atoms with Crippen molar-refractivity contribution in [1.29, 1.82) is 0 Å². The summed E-state index contributed by atoms with van der Waals surface area (Å²) in [5.74, 6) is 1.35. The first-order valence-electron chi connectivity index (χ1n) is 6.75. The molecule has 0 spiro atoms. The number of halogens is 2. The number of ether oxygens (including phenoxy) is 2. The summed E-state index contributed by atoms with van der Waals surface area (Å²) in [6.45, 7) is 2.28. The highest BCUT2D eigenvalue weighted by molar-refractivity contribution is 9.10. The van der Waals surface area contributed by atoms with E-state index in [4.69, 9.17) is 9.47 Å². The molecule has 1 heterocycles. The molecule has 0 fully saturated rings. The lowest BCUT2D eigenvalue weighted by Crippen LogP contribution is -2.17. The van der Waals surface area contributed by atoms with E-state index in [0.717, 1.165) is 21.5 Å². The highest BCUT2D eigenvalue weighted by atomic mass is 79.9. The van der Waals surface area contributed by atoms with Gasteiger partial charge >= 0.3 is 0 Å². The molecule has 3 rings (SSSR count). The number of fused-ring (bicyclic) bond motifs is 1. The van der Waals surface area contributed by atoms with E-state index in [9.17, 15) is 4.39 Å². The number of rotatable bonds is 4. The van der Waals surface area contributed by atoms with Crippen LogP contribution in [0.15, 0.2) is 40.9 Å². The fraction of sp³-hybridized carbons (Fsp3) is 0.250. The van der Waals surface area contributed by atoms with Crippen molar-refractivity contribution in [2.75, 3.05) is 13.2 Å². The number of benzene rings is 2. The number of nitrogens with one attached hydrogen (secondary N) is 1. The zero-order valence-corrected chi connectivity index (χ0v) is 13.0. The molecule has 2 aromatic carbocycles. The maximum absolute atomic E-state index is 13.6. The van der Waals surface area contributed by atoms with Gasteiger partial charge in [-0.3, -0.25) is 0 Å². The summed E-state index contributed by atoms with van der Waals surface area (Å²) < 4.78 is 25.5. The third kappa shape index (κ3) is 3.54. The molecule has 110 valence electrons. The van der Waals surface area contributed by atoms with E-state index >= 15 is 0 Å². The van der Waals surface area contributed by atoms with Gasteiger partial charge in [-0.15, -0.1) is 0 Å². The van der Waals surface area contributed by atoms with Crippen LogP contribution in [0, 0.1) is 5.82 Å². The quantitative estimate of drug-likeness (QED) is 0.911. The molecule has 0 unspecified atom stereocenters. The average Bonchev–Trinajstić information content (AvgIpc) is 2.50. The van der Waals surface area contributed by atoms with Crippen LogP contribution >= 0.6 is 15.9 Å². The van der Waals surface area contributed by atoms with E-state index in [2.05, 4.69) is 21.2 Å². The van der Waals surface area contributed by atoms with Crippen molar-refractivity contribution in [3.8, 4) is 11.5 Å². The van der Waals surface area contributed by atoms with Crippen molar-refractivity contribution in [3.05, 3.63) is 57.8 Å². The molecule has 1 N–H and O–H groups in total. The summed E-state index contributed by atoms with van der Waals surface area (Å²) in [4.78, 5) is 0. The van der Waals surface area contributed by atoms with Crippen molar-refractivity contribution in [2.24, 2.45) is 0 Å². The Hall–Kier alpha value is -1.59. The molecule has 0 saturated heterocycles. The fourth-order valence-electron chi connectivity index (χ4n) is 2.22. The monoisotopic (exact) mass is 351 g/mol. The standard InChI is InChI=1S/C16H15BrFNO2/c17-13-2-3-14(18)12(8-13)10-19-9-11-1-4-15-16(7-11)21-6-5-20-15/h1-4,7-8,19H,5-6,9-10H2. The Bertz CT molecular complexity index is 648. The highest BCUT2D eigenvalue weighted by Gasteiger charge is 2.11. The van der Waals surface area contributed by atoms with E-state index < -0.39 is 0 Å². The first kappa shape index (κ1) is 14.4. The molecule has 0 aliphatic carbocycles. The molecule has 21 heavy (non-hydrogen) atoms. The fourth-order valence-corrected chi connectivity index (χ4v) is 2.63. The Morgan fingerprint density at radius 1 is 1.00 bits per heavy atom. The Morgan fingerprint density at radius 3 is 2.67 bits per heavy atom. The molecule has 0 saturated carbocycles. The second-order valence-electron chi connectivity index (χ2n) is 4.82. The molecule has 3 nitrogen and oxygen atoms in total. The van der Waals surface area contributed by atoms with Crippen LogP contribution in [0.5, 0.6) is 11.5 Å². The molecule has 0 bridgehead atoms. The largest absolute Gasteiger partial charge is 0.486 e. The lowest BCUT2D eigenvalue weighted by molar-refractivity contribution is 0.171. The summed E-state index contributed by atoms with van der Waals surface area (Å²) in [5.41, 5.74) is 1.72. The Balaban J connectivity index is 1.61. The Labute approximate surface area is 131 Å². The second-order valence-corrected chi connectivity index (χ2v) is 5.73. The van der Waals surface area contributed by atoms with Crippen LogP contribution in [0.25, 0.3) is 0 Å². The molecular formula is C16H15BrFNO2. The van der Waals surface area contributed by atoms with Gasteiger partial charge in [0.05, 0.1) is 0 Å². The van der Waals surface area contributed by atoms with E-state index in [1.807, 2.05) is 18.2 Å². The maximum atomic E-state index is 13.6. The molecule has 0 amide bonds. The number of hydrogen-bond donors (Lipinski definition) is 1. The molecule has 1 aliphatic heterocycles. The third-order valence-electron chi connectivity index (χ3n) is 3.26. The van der Waals surface area contributed by atoms with Gasteiger partial charge in [-0.25, -0.2) is 4.39 Å². The predicted molar refractivity (Wildman–Crippen MR) is 82.1 cm³/mol. The van der Waals surface area contributed by atoms with Gasteiger partial charge in [0.25, 0.3) is 0 Å². The van der Waals surface area contributed by atoms with Crippen molar-refractivity contribution in [1.82, 2.24) is 5.32 Å². The first-order chi connectivity index (χ1) is 10.2. The number of hydrogen-bond acceptors (Lipinski definition) is 3. The van der Waals surface area contributed by atoms with Crippen LogP contribution in [0.2, 0.25) is 0 Å². The molecule has 0 atom stereocenters. The van der Waals surface area contributed by atoms with Gasteiger partial charge in [0.15, 0.2) is 11.5 Å². The van der Waals surface area contributed by atoms with E-state index in [1.54, 1.807) is 12.1 Å². The van der Waals surface area contributed by atoms with E-state index in [0.29, 0.717) is 31.9 Å². The maximum Gasteiger partial charge on any atom is 0.161 e. The lowest BCUT2D eigenvalue weighted by atomic mass is 10.1. The molecular weight excluding hydrogens is 337 g/mol. The Morgan fingerprint density at radius 2 is 1.81 bits per heavy atom. The lowest BCUT2D eigenvalue weighted by Gasteiger charge is -2.19. The van der Waals surface area contributed by atoms with E-state index in [1.165, 1.54) is 6.07 Å². The van der Waals surface area contributed by atoms with Crippen LogP contribution in [-0.2, 0) is 13.1 Å². The van der Waals surface area contributed by atoms with Crippen molar-refractivity contribution in [2.45, 2.75) is 13.1 Å².